The molecular formula is C16H23NO3. The molecule has 0 radical (unpaired) electrons. The van der Waals surface area contributed by atoms with Crippen molar-refractivity contribution in [3.63, 3.8) is 0 Å². The topological polar surface area (TPSA) is 39.7 Å². The maximum Gasteiger partial charge on any atom is 0.127 e. The van der Waals surface area contributed by atoms with E-state index < -0.39 is 0 Å². The normalized spacial score (nSPS) is 19.2. The van der Waals surface area contributed by atoms with Crippen LogP contribution in [-0.2, 0) is 4.74 Å². The lowest BCUT2D eigenvalue weighted by Gasteiger charge is -2.23. The second-order valence-electron chi connectivity index (χ2n) is 4.95. The number of rotatable bonds is 6. The van der Waals surface area contributed by atoms with E-state index in [4.69, 9.17) is 14.2 Å². The predicted molar refractivity (Wildman–Crippen MR) is 79.2 cm³/mol. The first-order chi connectivity index (χ1) is 9.74. The number of ether oxygens (including phenoxy) is 3. The van der Waals surface area contributed by atoms with Crippen molar-refractivity contribution in [3.8, 4) is 11.5 Å². The number of hydrogen-bond acceptors (Lipinski definition) is 4. The summed E-state index contributed by atoms with van der Waals surface area (Å²) in [4.78, 5) is 0. The van der Waals surface area contributed by atoms with Crippen LogP contribution in [0.1, 0.15) is 31.4 Å². The summed E-state index contributed by atoms with van der Waals surface area (Å²) in [7, 11) is 3.34. The zero-order valence-electron chi connectivity index (χ0n) is 12.4. The fourth-order valence-electron chi connectivity index (χ4n) is 2.33. The molecule has 0 saturated carbocycles. The van der Waals surface area contributed by atoms with E-state index in [0.29, 0.717) is 0 Å². The fraction of sp³-hybridized carbons (Fsp3) is 0.500. The van der Waals surface area contributed by atoms with E-state index in [1.54, 1.807) is 20.5 Å². The van der Waals surface area contributed by atoms with Crippen LogP contribution in [0.3, 0.4) is 0 Å². The van der Waals surface area contributed by atoms with Gasteiger partial charge in [0.25, 0.3) is 0 Å². The number of hydrogen-bond donors (Lipinski definition) is 1. The van der Waals surface area contributed by atoms with Crippen LogP contribution in [0.15, 0.2) is 30.5 Å². The molecule has 2 atom stereocenters. The van der Waals surface area contributed by atoms with Gasteiger partial charge in [-0.05, 0) is 31.9 Å². The molecule has 0 saturated heterocycles. The Balaban J connectivity index is 1.97. The summed E-state index contributed by atoms with van der Waals surface area (Å²) in [5.41, 5.74) is 1.12. The average Bonchev–Trinajstić information content (AvgIpc) is 2.52. The molecule has 1 aromatic carbocycles. The largest absolute Gasteiger partial charge is 0.497 e. The molecule has 110 valence electrons. The van der Waals surface area contributed by atoms with Gasteiger partial charge in [0.05, 0.1) is 20.5 Å². The van der Waals surface area contributed by atoms with E-state index in [0.717, 1.165) is 36.4 Å². The molecule has 0 amide bonds. The first-order valence-corrected chi connectivity index (χ1v) is 7.00. The highest BCUT2D eigenvalue weighted by atomic mass is 16.5. The zero-order chi connectivity index (χ0) is 14.4. The molecule has 0 spiro atoms. The molecule has 1 N–H and O–H groups in total. The van der Waals surface area contributed by atoms with Crippen molar-refractivity contribution in [2.75, 3.05) is 20.8 Å². The molecule has 0 unspecified atom stereocenters. The minimum absolute atomic E-state index is 0.199. The molecule has 4 heteroatoms. The smallest absolute Gasteiger partial charge is 0.127 e. The van der Waals surface area contributed by atoms with Gasteiger partial charge in [0.2, 0.25) is 0 Å². The maximum atomic E-state index is 5.56. The number of nitrogens with one attached hydrogen (secondary N) is 1. The van der Waals surface area contributed by atoms with E-state index in [2.05, 4.69) is 18.3 Å². The van der Waals surface area contributed by atoms with Gasteiger partial charge in [-0.2, -0.15) is 0 Å². The van der Waals surface area contributed by atoms with Crippen LogP contribution in [0.5, 0.6) is 11.5 Å². The zero-order valence-corrected chi connectivity index (χ0v) is 12.4. The first kappa shape index (κ1) is 14.7. The minimum Gasteiger partial charge on any atom is -0.497 e. The van der Waals surface area contributed by atoms with Gasteiger partial charge in [-0.3, -0.25) is 0 Å². The molecule has 1 heterocycles. The molecule has 4 nitrogen and oxygen atoms in total. The molecule has 20 heavy (non-hydrogen) atoms. The van der Waals surface area contributed by atoms with Crippen molar-refractivity contribution < 1.29 is 14.2 Å². The second kappa shape index (κ2) is 7.20. The molecule has 0 aliphatic carbocycles. The molecule has 1 aliphatic heterocycles. The van der Waals surface area contributed by atoms with Gasteiger partial charge in [0, 0.05) is 24.2 Å². The third-order valence-electron chi connectivity index (χ3n) is 3.58. The van der Waals surface area contributed by atoms with Crippen molar-refractivity contribution in [1.82, 2.24) is 5.32 Å². The van der Waals surface area contributed by atoms with Crippen LogP contribution in [-0.4, -0.2) is 26.9 Å². The Morgan fingerprint density at radius 2 is 2.20 bits per heavy atom. The van der Waals surface area contributed by atoms with Crippen LogP contribution in [0, 0.1) is 0 Å². The Bertz CT molecular complexity index is 459. The lowest BCUT2D eigenvalue weighted by molar-refractivity contribution is 0.119. The van der Waals surface area contributed by atoms with E-state index in [9.17, 15) is 0 Å². The van der Waals surface area contributed by atoms with Crippen LogP contribution < -0.4 is 14.8 Å². The van der Waals surface area contributed by atoms with Crippen molar-refractivity contribution in [2.45, 2.75) is 31.9 Å². The van der Waals surface area contributed by atoms with Crippen molar-refractivity contribution in [2.24, 2.45) is 0 Å². The van der Waals surface area contributed by atoms with Gasteiger partial charge >= 0.3 is 0 Å². The second-order valence-corrected chi connectivity index (χ2v) is 4.95. The first-order valence-electron chi connectivity index (χ1n) is 7.00. The average molecular weight is 277 g/mol. The summed E-state index contributed by atoms with van der Waals surface area (Å²) in [5.74, 6) is 1.65. The lowest BCUT2D eigenvalue weighted by atomic mass is 10.1. The lowest BCUT2D eigenvalue weighted by Crippen LogP contribution is -2.31. The Morgan fingerprint density at radius 1 is 1.35 bits per heavy atom. The van der Waals surface area contributed by atoms with Gasteiger partial charge in [-0.1, -0.05) is 6.07 Å². The van der Waals surface area contributed by atoms with E-state index in [1.807, 2.05) is 18.2 Å². The van der Waals surface area contributed by atoms with Crippen LogP contribution >= 0.6 is 0 Å². The van der Waals surface area contributed by atoms with Gasteiger partial charge in [-0.25, -0.2) is 0 Å². The van der Waals surface area contributed by atoms with Crippen LogP contribution in [0.2, 0.25) is 0 Å². The molecule has 2 rings (SSSR count). The molecule has 0 fully saturated rings. The Labute approximate surface area is 120 Å². The van der Waals surface area contributed by atoms with Gasteiger partial charge < -0.3 is 19.5 Å². The molecule has 1 aliphatic rings. The van der Waals surface area contributed by atoms with E-state index in [1.165, 1.54) is 0 Å². The van der Waals surface area contributed by atoms with Gasteiger partial charge in [-0.15, -0.1) is 0 Å². The highest BCUT2D eigenvalue weighted by Gasteiger charge is 2.16. The van der Waals surface area contributed by atoms with Gasteiger partial charge in [0.1, 0.15) is 17.6 Å². The standard InChI is InChI=1S/C16H23NO3/c1-12(17-11-14-6-4-5-9-20-14)15-8-7-13(18-2)10-16(15)19-3/h5,7-10,12,14,17H,4,6,11H2,1-3H3/t12-,14-/m1/s1. The predicted octanol–water partition coefficient (Wildman–Crippen LogP) is 3.05. The third-order valence-corrected chi connectivity index (χ3v) is 3.58. The molecule has 1 aromatic rings. The van der Waals surface area contributed by atoms with Crippen molar-refractivity contribution in [1.29, 1.82) is 0 Å². The van der Waals surface area contributed by atoms with Gasteiger partial charge in [0.15, 0.2) is 0 Å². The summed E-state index contributed by atoms with van der Waals surface area (Å²) in [6, 6.07) is 6.10. The quantitative estimate of drug-likeness (QED) is 0.867. The summed E-state index contributed by atoms with van der Waals surface area (Å²) in [6.45, 7) is 2.96. The molecular weight excluding hydrogens is 254 g/mol. The SMILES string of the molecule is COc1ccc([C@@H](C)NC[C@H]2CCC=CO2)c(OC)c1. The number of allylic oxidation sites excluding steroid dienone is 1. The van der Waals surface area contributed by atoms with Crippen LogP contribution in [0.25, 0.3) is 0 Å². The van der Waals surface area contributed by atoms with E-state index in [-0.39, 0.29) is 12.1 Å². The highest BCUT2D eigenvalue weighted by Crippen LogP contribution is 2.29. The maximum absolute atomic E-state index is 5.56. The Hall–Kier alpha value is -1.68. The Kier molecular flexibility index (Phi) is 5.30. The van der Waals surface area contributed by atoms with E-state index >= 15 is 0 Å². The monoisotopic (exact) mass is 277 g/mol. The third kappa shape index (κ3) is 3.67. The number of methoxy groups -OCH3 is 2. The minimum atomic E-state index is 0.199. The summed E-state index contributed by atoms with van der Waals surface area (Å²) in [5, 5.41) is 3.50. The van der Waals surface area contributed by atoms with Crippen molar-refractivity contribution in [3.05, 3.63) is 36.1 Å². The Morgan fingerprint density at radius 3 is 2.85 bits per heavy atom. The van der Waals surface area contributed by atoms with Crippen molar-refractivity contribution >= 4 is 0 Å². The summed E-state index contributed by atoms with van der Waals surface area (Å²) in [6.07, 6.45) is 6.27. The molecule has 0 aromatic heterocycles. The number of benzene rings is 1. The highest BCUT2D eigenvalue weighted by molar-refractivity contribution is 5.42. The van der Waals surface area contributed by atoms with Crippen LogP contribution in [0.4, 0.5) is 0 Å². The fourth-order valence-corrected chi connectivity index (χ4v) is 2.33. The summed E-state index contributed by atoms with van der Waals surface area (Å²) < 4.78 is 16.2. The summed E-state index contributed by atoms with van der Waals surface area (Å²) >= 11 is 0. The molecule has 0 bridgehead atoms.